The van der Waals surface area contributed by atoms with Gasteiger partial charge in [-0.3, -0.25) is 9.89 Å². The number of aromatic amines is 1. The molecule has 1 aliphatic rings. The Morgan fingerprint density at radius 3 is 3.10 bits per heavy atom. The van der Waals surface area contributed by atoms with Gasteiger partial charge in [-0.05, 0) is 37.2 Å². The highest BCUT2D eigenvalue weighted by Crippen LogP contribution is 2.15. The molecule has 0 spiro atoms. The third kappa shape index (κ3) is 2.34. The molecular weight excluding hydrogens is 276 g/mol. The Bertz CT molecular complexity index is 724. The fourth-order valence-electron chi connectivity index (χ4n) is 2.45. The Morgan fingerprint density at radius 1 is 1.60 bits per heavy atom. The number of pyridine rings is 1. The Kier molecular flexibility index (Phi) is 3.54. The summed E-state index contributed by atoms with van der Waals surface area (Å²) in [5, 5.41) is 6.82. The molecule has 0 aliphatic carbocycles. The molecule has 1 N–H and O–H groups in total. The van der Waals surface area contributed by atoms with Gasteiger partial charge in [0.05, 0.1) is 18.2 Å². The maximum absolute atomic E-state index is 12.5. The molecule has 1 unspecified atom stereocenters. The van der Waals surface area contributed by atoms with Crippen LogP contribution in [0.4, 0.5) is 0 Å². The van der Waals surface area contributed by atoms with E-state index in [9.17, 15) is 4.79 Å². The molecular formula is C13H16N4O2S. The van der Waals surface area contributed by atoms with Crippen LogP contribution in [-0.4, -0.2) is 32.0 Å². The maximum atomic E-state index is 12.5. The van der Waals surface area contributed by atoms with Crippen molar-refractivity contribution in [1.82, 2.24) is 19.3 Å². The van der Waals surface area contributed by atoms with Crippen LogP contribution in [0.1, 0.15) is 12.8 Å². The molecule has 1 saturated heterocycles. The average molecular weight is 292 g/mol. The monoisotopic (exact) mass is 292 g/mol. The summed E-state index contributed by atoms with van der Waals surface area (Å²) in [6.45, 7) is 1.37. The zero-order valence-electron chi connectivity index (χ0n) is 11.2. The molecule has 106 valence electrons. The van der Waals surface area contributed by atoms with Gasteiger partial charge in [-0.15, -0.1) is 0 Å². The van der Waals surface area contributed by atoms with E-state index in [1.54, 1.807) is 28.4 Å². The lowest BCUT2D eigenvalue weighted by Crippen LogP contribution is -2.27. The molecule has 3 heterocycles. The third-order valence-corrected chi connectivity index (χ3v) is 3.93. The fraction of sp³-hybridized carbons (Fsp3) is 0.462. The Morgan fingerprint density at radius 2 is 2.45 bits per heavy atom. The van der Waals surface area contributed by atoms with E-state index in [-0.39, 0.29) is 11.7 Å². The van der Waals surface area contributed by atoms with Crippen molar-refractivity contribution in [3.8, 4) is 11.4 Å². The highest BCUT2D eigenvalue weighted by Gasteiger charge is 2.18. The van der Waals surface area contributed by atoms with Gasteiger partial charge in [-0.2, -0.15) is 5.10 Å². The minimum Gasteiger partial charge on any atom is -0.376 e. The first-order valence-corrected chi connectivity index (χ1v) is 7.00. The van der Waals surface area contributed by atoms with Gasteiger partial charge in [0.25, 0.3) is 5.56 Å². The van der Waals surface area contributed by atoms with Crippen molar-refractivity contribution in [2.45, 2.75) is 25.5 Å². The number of nitrogens with one attached hydrogen (secondary N) is 1. The smallest absolute Gasteiger partial charge is 0.261 e. The van der Waals surface area contributed by atoms with Gasteiger partial charge in [0.1, 0.15) is 0 Å². The van der Waals surface area contributed by atoms with Crippen molar-refractivity contribution in [3.63, 3.8) is 0 Å². The highest BCUT2D eigenvalue weighted by molar-refractivity contribution is 7.71. The predicted molar refractivity (Wildman–Crippen MR) is 77.1 cm³/mol. The lowest BCUT2D eigenvalue weighted by molar-refractivity contribution is 0.0962. The molecule has 0 radical (unpaired) electrons. The molecule has 0 amide bonds. The largest absolute Gasteiger partial charge is 0.376 e. The molecule has 0 saturated carbocycles. The zero-order valence-corrected chi connectivity index (χ0v) is 12.0. The maximum Gasteiger partial charge on any atom is 0.261 e. The van der Waals surface area contributed by atoms with Crippen LogP contribution in [0.25, 0.3) is 11.4 Å². The summed E-state index contributed by atoms with van der Waals surface area (Å²) in [4.78, 5) is 12.5. The van der Waals surface area contributed by atoms with Gasteiger partial charge >= 0.3 is 0 Å². The van der Waals surface area contributed by atoms with Gasteiger partial charge in [0.2, 0.25) is 0 Å². The molecule has 7 heteroatoms. The third-order valence-electron chi connectivity index (χ3n) is 3.57. The average Bonchev–Trinajstić information content (AvgIpc) is 3.05. The van der Waals surface area contributed by atoms with Crippen LogP contribution < -0.4 is 5.56 Å². The van der Waals surface area contributed by atoms with Crippen LogP contribution >= 0.6 is 12.2 Å². The summed E-state index contributed by atoms with van der Waals surface area (Å²) in [6.07, 6.45) is 3.98. The molecule has 2 aromatic rings. The van der Waals surface area contributed by atoms with E-state index in [1.807, 2.05) is 6.07 Å². The Balaban J connectivity index is 1.99. The number of H-pyrrole nitrogens is 1. The second-order valence-corrected chi connectivity index (χ2v) is 5.31. The number of hydrogen-bond acceptors (Lipinski definition) is 4. The first kappa shape index (κ1) is 13.3. The quantitative estimate of drug-likeness (QED) is 0.870. The van der Waals surface area contributed by atoms with E-state index in [1.165, 1.54) is 0 Å². The van der Waals surface area contributed by atoms with E-state index >= 15 is 0 Å². The van der Waals surface area contributed by atoms with E-state index < -0.39 is 0 Å². The number of ether oxygens (including phenoxy) is 1. The minimum atomic E-state index is -0.0694. The molecule has 20 heavy (non-hydrogen) atoms. The SMILES string of the molecule is Cn1c(-c2cccn(CC3CCCO3)c2=O)n[nH]c1=S. The summed E-state index contributed by atoms with van der Waals surface area (Å²) in [6, 6.07) is 3.61. The van der Waals surface area contributed by atoms with Crippen LogP contribution in [0, 0.1) is 4.77 Å². The van der Waals surface area contributed by atoms with Gasteiger partial charge < -0.3 is 13.9 Å². The minimum absolute atomic E-state index is 0.0694. The van der Waals surface area contributed by atoms with Crippen molar-refractivity contribution in [2.75, 3.05) is 6.61 Å². The van der Waals surface area contributed by atoms with Gasteiger partial charge in [-0.25, -0.2) is 0 Å². The molecule has 0 aromatic carbocycles. The van der Waals surface area contributed by atoms with E-state index in [0.29, 0.717) is 22.7 Å². The van der Waals surface area contributed by atoms with Gasteiger partial charge in [0, 0.05) is 19.9 Å². The van der Waals surface area contributed by atoms with Crippen LogP contribution in [0.5, 0.6) is 0 Å². The van der Waals surface area contributed by atoms with Crippen molar-refractivity contribution in [3.05, 3.63) is 33.5 Å². The first-order valence-electron chi connectivity index (χ1n) is 6.59. The Hall–Kier alpha value is -1.73. The molecule has 1 fully saturated rings. The van der Waals surface area contributed by atoms with E-state index in [2.05, 4.69) is 10.2 Å². The van der Waals surface area contributed by atoms with E-state index in [4.69, 9.17) is 17.0 Å². The molecule has 6 nitrogen and oxygen atoms in total. The van der Waals surface area contributed by atoms with Crippen molar-refractivity contribution < 1.29 is 4.74 Å². The van der Waals surface area contributed by atoms with Crippen LogP contribution in [0.3, 0.4) is 0 Å². The summed E-state index contributed by atoms with van der Waals surface area (Å²) in [5.74, 6) is 0.557. The summed E-state index contributed by atoms with van der Waals surface area (Å²) >= 11 is 5.08. The molecule has 1 aliphatic heterocycles. The number of nitrogens with zero attached hydrogens (tertiary/aromatic N) is 3. The second-order valence-electron chi connectivity index (χ2n) is 4.93. The van der Waals surface area contributed by atoms with Gasteiger partial charge in [0.15, 0.2) is 10.6 Å². The summed E-state index contributed by atoms with van der Waals surface area (Å²) in [5.41, 5.74) is 0.473. The highest BCUT2D eigenvalue weighted by atomic mass is 32.1. The van der Waals surface area contributed by atoms with Crippen LogP contribution in [-0.2, 0) is 18.3 Å². The normalized spacial score (nSPS) is 18.6. The molecule has 0 bridgehead atoms. The molecule has 1 atom stereocenters. The lowest BCUT2D eigenvalue weighted by atomic mass is 10.2. The van der Waals surface area contributed by atoms with Crippen molar-refractivity contribution in [2.24, 2.45) is 7.05 Å². The standard InChI is InChI=1S/C13H16N4O2S/c1-16-11(14-15-13(16)20)10-5-2-6-17(12(10)18)8-9-4-3-7-19-9/h2,5-6,9H,3-4,7-8H2,1H3,(H,15,20). The topological polar surface area (TPSA) is 64.8 Å². The zero-order chi connectivity index (χ0) is 14.1. The van der Waals surface area contributed by atoms with Crippen molar-refractivity contribution >= 4 is 12.2 Å². The fourth-order valence-corrected chi connectivity index (χ4v) is 2.58. The number of aromatic nitrogens is 4. The van der Waals surface area contributed by atoms with Crippen LogP contribution in [0.2, 0.25) is 0 Å². The Labute approximate surface area is 121 Å². The second kappa shape index (κ2) is 5.34. The molecule has 2 aromatic heterocycles. The first-order chi connectivity index (χ1) is 9.66. The summed E-state index contributed by atoms with van der Waals surface area (Å²) < 4.78 is 9.46. The summed E-state index contributed by atoms with van der Waals surface area (Å²) in [7, 11) is 1.79. The van der Waals surface area contributed by atoms with Gasteiger partial charge in [-0.1, -0.05) is 0 Å². The number of hydrogen-bond donors (Lipinski definition) is 1. The number of rotatable bonds is 3. The van der Waals surface area contributed by atoms with E-state index in [0.717, 1.165) is 19.4 Å². The van der Waals surface area contributed by atoms with Crippen LogP contribution in [0.15, 0.2) is 23.1 Å². The lowest BCUT2D eigenvalue weighted by Gasteiger charge is -2.12. The predicted octanol–water partition coefficient (Wildman–Crippen LogP) is 1.49. The van der Waals surface area contributed by atoms with Crippen molar-refractivity contribution in [1.29, 1.82) is 0 Å². The molecule has 3 rings (SSSR count).